The molecule has 0 aliphatic heterocycles. The van der Waals surface area contributed by atoms with Crippen LogP contribution in [-0.2, 0) is 4.43 Å². The molecule has 0 heterocycles. The minimum Gasteiger partial charge on any atom is -0.405 e. The van der Waals surface area contributed by atoms with Crippen molar-refractivity contribution >= 4 is 8.32 Å². The Kier molecular flexibility index (Phi) is 4.42. The molecule has 0 rings (SSSR count). The third-order valence-corrected chi connectivity index (χ3v) is 5.48. The molecule has 0 aromatic heterocycles. The number of hydrogen-bond donors (Lipinski definition) is 0. The molecule has 0 fully saturated rings. The predicted molar refractivity (Wildman–Crippen MR) is 47.2 cm³/mol. The van der Waals surface area contributed by atoms with Crippen molar-refractivity contribution in [2.45, 2.75) is 32.9 Å². The fraction of sp³-hybridized carbons (Fsp3) is 0.750. The van der Waals surface area contributed by atoms with Crippen LogP contribution in [0.5, 0.6) is 0 Å². The molecule has 0 aliphatic carbocycles. The predicted octanol–water partition coefficient (Wildman–Crippen LogP) is 2.18. The van der Waals surface area contributed by atoms with Gasteiger partial charge in [0.25, 0.3) is 8.32 Å². The molecule has 2 heteroatoms. The standard InChI is InChI=1S/C8H16OSi/c1-5-9-10(6-2,7-3)8-4/h2H,5,7-8H2,1,3-4H3. The Morgan fingerprint density at radius 1 is 1.30 bits per heavy atom. The van der Waals surface area contributed by atoms with Gasteiger partial charge < -0.3 is 4.43 Å². The minimum atomic E-state index is -1.69. The zero-order valence-corrected chi connectivity index (χ0v) is 8.11. The van der Waals surface area contributed by atoms with Gasteiger partial charge >= 0.3 is 0 Å². The Morgan fingerprint density at radius 2 is 1.80 bits per heavy atom. The van der Waals surface area contributed by atoms with Crippen LogP contribution in [-0.4, -0.2) is 14.9 Å². The lowest BCUT2D eigenvalue weighted by Crippen LogP contribution is -2.35. The summed E-state index contributed by atoms with van der Waals surface area (Å²) in [5.41, 5.74) is 2.83. The van der Waals surface area contributed by atoms with Crippen molar-refractivity contribution in [1.29, 1.82) is 0 Å². The van der Waals surface area contributed by atoms with Crippen LogP contribution in [0.3, 0.4) is 0 Å². The summed E-state index contributed by atoms with van der Waals surface area (Å²) in [6.07, 6.45) is 5.40. The number of rotatable bonds is 4. The second kappa shape index (κ2) is 4.54. The first kappa shape index (κ1) is 9.74. The Morgan fingerprint density at radius 3 is 1.90 bits per heavy atom. The molecule has 0 bridgehead atoms. The van der Waals surface area contributed by atoms with Crippen LogP contribution in [0.1, 0.15) is 20.8 Å². The van der Waals surface area contributed by atoms with Crippen LogP contribution in [0.15, 0.2) is 0 Å². The molecule has 1 nitrogen and oxygen atoms in total. The van der Waals surface area contributed by atoms with Gasteiger partial charge in [-0.2, -0.15) is 0 Å². The van der Waals surface area contributed by atoms with E-state index in [9.17, 15) is 0 Å². The highest BCUT2D eigenvalue weighted by Gasteiger charge is 2.27. The van der Waals surface area contributed by atoms with Gasteiger partial charge in [-0.15, -0.1) is 12.0 Å². The highest BCUT2D eigenvalue weighted by Crippen LogP contribution is 2.14. The van der Waals surface area contributed by atoms with E-state index in [1.54, 1.807) is 0 Å². The monoisotopic (exact) mass is 156 g/mol. The van der Waals surface area contributed by atoms with Crippen molar-refractivity contribution in [3.8, 4) is 12.0 Å². The number of terminal acetylenes is 1. The number of hydrogen-bond acceptors (Lipinski definition) is 1. The molecule has 0 unspecified atom stereocenters. The zero-order chi connectivity index (χ0) is 8.04. The second-order valence-electron chi connectivity index (χ2n) is 2.28. The van der Waals surface area contributed by atoms with Gasteiger partial charge in [-0.1, -0.05) is 13.8 Å². The summed E-state index contributed by atoms with van der Waals surface area (Å²) < 4.78 is 5.58. The molecule has 0 aliphatic rings. The smallest absolute Gasteiger partial charge is 0.271 e. The summed E-state index contributed by atoms with van der Waals surface area (Å²) in [4.78, 5) is 0. The first-order valence-electron chi connectivity index (χ1n) is 3.86. The topological polar surface area (TPSA) is 9.23 Å². The van der Waals surface area contributed by atoms with Crippen molar-refractivity contribution in [2.24, 2.45) is 0 Å². The minimum absolute atomic E-state index is 0.762. The maximum atomic E-state index is 5.58. The molecule has 0 aromatic carbocycles. The first-order valence-corrected chi connectivity index (χ1v) is 6.18. The van der Waals surface area contributed by atoms with Gasteiger partial charge in [-0.05, 0) is 19.0 Å². The molecular weight excluding hydrogens is 140 g/mol. The first-order chi connectivity index (χ1) is 4.74. The third kappa shape index (κ3) is 2.16. The maximum Gasteiger partial charge on any atom is 0.271 e. The summed E-state index contributed by atoms with van der Waals surface area (Å²) in [6, 6.07) is 2.07. The van der Waals surface area contributed by atoms with Crippen molar-refractivity contribution in [3.05, 3.63) is 0 Å². The molecule has 0 saturated carbocycles. The van der Waals surface area contributed by atoms with Crippen LogP contribution in [0.4, 0.5) is 0 Å². The molecule has 0 aromatic rings. The molecule has 10 heavy (non-hydrogen) atoms. The van der Waals surface area contributed by atoms with Crippen LogP contribution < -0.4 is 0 Å². The third-order valence-electron chi connectivity index (χ3n) is 1.83. The average molecular weight is 156 g/mol. The van der Waals surface area contributed by atoms with Crippen LogP contribution in [0.2, 0.25) is 12.1 Å². The van der Waals surface area contributed by atoms with E-state index < -0.39 is 8.32 Å². The maximum absolute atomic E-state index is 5.58. The van der Waals surface area contributed by atoms with Gasteiger partial charge in [0.2, 0.25) is 0 Å². The molecular formula is C8H16OSi. The molecule has 0 radical (unpaired) electrons. The van der Waals surface area contributed by atoms with Gasteiger partial charge in [0, 0.05) is 6.61 Å². The van der Waals surface area contributed by atoms with E-state index in [1.165, 1.54) is 0 Å². The molecule has 0 N–H and O–H groups in total. The van der Waals surface area contributed by atoms with Crippen LogP contribution >= 0.6 is 0 Å². The fourth-order valence-corrected chi connectivity index (χ4v) is 2.93. The van der Waals surface area contributed by atoms with Gasteiger partial charge in [-0.3, -0.25) is 0 Å². The molecule has 0 spiro atoms. The van der Waals surface area contributed by atoms with Gasteiger partial charge in [0.05, 0.1) is 0 Å². The summed E-state index contributed by atoms with van der Waals surface area (Å²) in [5.74, 6) is 0. The van der Waals surface area contributed by atoms with Gasteiger partial charge in [0.15, 0.2) is 0 Å². The Bertz CT molecular complexity index is 122. The summed E-state index contributed by atoms with van der Waals surface area (Å²) in [7, 11) is -1.69. The lowest BCUT2D eigenvalue weighted by Gasteiger charge is -2.21. The van der Waals surface area contributed by atoms with E-state index in [0.29, 0.717) is 0 Å². The van der Waals surface area contributed by atoms with Crippen molar-refractivity contribution < 1.29 is 4.43 Å². The van der Waals surface area contributed by atoms with Gasteiger partial charge in [0.1, 0.15) is 0 Å². The molecule has 0 atom stereocenters. The summed E-state index contributed by atoms with van der Waals surface area (Å²) >= 11 is 0. The van der Waals surface area contributed by atoms with E-state index in [2.05, 4.69) is 19.4 Å². The molecule has 0 amide bonds. The largest absolute Gasteiger partial charge is 0.405 e. The van der Waals surface area contributed by atoms with E-state index in [1.807, 2.05) is 6.92 Å². The van der Waals surface area contributed by atoms with E-state index in [-0.39, 0.29) is 0 Å². The highest BCUT2D eigenvalue weighted by molar-refractivity contribution is 6.81. The van der Waals surface area contributed by atoms with Crippen molar-refractivity contribution in [2.75, 3.05) is 6.61 Å². The normalized spacial score (nSPS) is 11.0. The highest BCUT2D eigenvalue weighted by atomic mass is 28.4. The zero-order valence-electron chi connectivity index (χ0n) is 7.11. The van der Waals surface area contributed by atoms with E-state index in [4.69, 9.17) is 10.8 Å². The molecule has 0 saturated heterocycles. The fourth-order valence-electron chi connectivity index (χ4n) is 0.976. The SMILES string of the molecule is C#C[Si](CC)(CC)OCC. The quantitative estimate of drug-likeness (QED) is 0.448. The van der Waals surface area contributed by atoms with E-state index in [0.717, 1.165) is 18.7 Å². The lowest BCUT2D eigenvalue weighted by atomic mass is 10.9. The lowest BCUT2D eigenvalue weighted by molar-refractivity contribution is 0.331. The van der Waals surface area contributed by atoms with Crippen molar-refractivity contribution in [3.63, 3.8) is 0 Å². The Hall–Kier alpha value is -0.263. The second-order valence-corrected chi connectivity index (χ2v) is 6.26. The molecule has 58 valence electrons. The van der Waals surface area contributed by atoms with Crippen LogP contribution in [0.25, 0.3) is 0 Å². The summed E-state index contributed by atoms with van der Waals surface area (Å²) in [6.45, 7) is 7.00. The summed E-state index contributed by atoms with van der Waals surface area (Å²) in [5, 5.41) is 0. The average Bonchev–Trinajstić information content (AvgIpc) is 2.01. The Balaban J connectivity index is 4.05. The Labute approximate surface area is 64.9 Å². The van der Waals surface area contributed by atoms with Crippen molar-refractivity contribution in [1.82, 2.24) is 0 Å². The van der Waals surface area contributed by atoms with Gasteiger partial charge in [-0.25, -0.2) is 0 Å². The van der Waals surface area contributed by atoms with E-state index >= 15 is 0 Å². The van der Waals surface area contributed by atoms with Crippen LogP contribution in [0, 0.1) is 12.0 Å².